The number of amides is 1. The number of ether oxygens (including phenoxy) is 1. The monoisotopic (exact) mass is 273 g/mol. The fourth-order valence-corrected chi connectivity index (χ4v) is 2.39. The van der Waals surface area contributed by atoms with Gasteiger partial charge in [-0.1, -0.05) is 13.8 Å². The van der Waals surface area contributed by atoms with Crippen molar-refractivity contribution >= 4 is 22.6 Å². The summed E-state index contributed by atoms with van der Waals surface area (Å²) >= 11 is 0. The molecule has 2 heterocycles. The van der Waals surface area contributed by atoms with E-state index in [4.69, 9.17) is 4.74 Å². The largest absolute Gasteiger partial charge is 0.368 e. The fraction of sp³-hybridized carbons (Fsp3) is 0.467. The number of imidazole rings is 1. The number of hydrogen-bond donors (Lipinski definition) is 2. The van der Waals surface area contributed by atoms with Gasteiger partial charge < -0.3 is 15.0 Å². The van der Waals surface area contributed by atoms with Gasteiger partial charge in [-0.05, 0) is 31.0 Å². The van der Waals surface area contributed by atoms with Crippen molar-refractivity contribution in [1.82, 2.24) is 9.97 Å². The highest BCUT2D eigenvalue weighted by Gasteiger charge is 2.23. The molecule has 1 aliphatic rings. The lowest BCUT2D eigenvalue weighted by Crippen LogP contribution is -2.26. The Morgan fingerprint density at radius 1 is 1.50 bits per heavy atom. The summed E-state index contributed by atoms with van der Waals surface area (Å²) in [5.74, 6) is 1.25. The van der Waals surface area contributed by atoms with Gasteiger partial charge in [-0.2, -0.15) is 0 Å². The Hall–Kier alpha value is -1.88. The van der Waals surface area contributed by atoms with E-state index < -0.39 is 0 Å². The molecule has 0 saturated carbocycles. The van der Waals surface area contributed by atoms with Crippen LogP contribution < -0.4 is 5.32 Å². The molecule has 106 valence electrons. The van der Waals surface area contributed by atoms with Crippen LogP contribution in [0.3, 0.4) is 0 Å². The third kappa shape index (κ3) is 2.54. The Morgan fingerprint density at radius 3 is 3.05 bits per heavy atom. The molecule has 3 rings (SSSR count). The van der Waals surface area contributed by atoms with E-state index in [0.29, 0.717) is 12.5 Å². The number of benzene rings is 1. The van der Waals surface area contributed by atoms with E-state index in [2.05, 4.69) is 29.1 Å². The number of nitrogens with one attached hydrogen (secondary N) is 2. The first-order chi connectivity index (χ1) is 9.63. The molecule has 0 unspecified atom stereocenters. The third-order valence-corrected chi connectivity index (χ3v) is 3.54. The molecule has 1 aromatic carbocycles. The average Bonchev–Trinajstić information content (AvgIpc) is 3.07. The van der Waals surface area contributed by atoms with Gasteiger partial charge >= 0.3 is 0 Å². The van der Waals surface area contributed by atoms with Crippen LogP contribution in [0, 0.1) is 0 Å². The SMILES string of the molecule is CC(C)c1nc2ccc(NC(=O)[C@H]3CCCO3)cc2[nH]1. The van der Waals surface area contributed by atoms with E-state index in [-0.39, 0.29) is 12.0 Å². The number of carbonyl (C=O) groups is 1. The lowest BCUT2D eigenvalue weighted by molar-refractivity contribution is -0.124. The number of nitrogens with zero attached hydrogens (tertiary/aromatic N) is 1. The Labute approximate surface area is 117 Å². The second-order valence-electron chi connectivity index (χ2n) is 5.50. The van der Waals surface area contributed by atoms with E-state index >= 15 is 0 Å². The van der Waals surface area contributed by atoms with Crippen LogP contribution >= 0.6 is 0 Å². The first kappa shape index (κ1) is 13.1. The second kappa shape index (κ2) is 5.25. The van der Waals surface area contributed by atoms with Crippen molar-refractivity contribution < 1.29 is 9.53 Å². The van der Waals surface area contributed by atoms with Crippen molar-refractivity contribution in [3.8, 4) is 0 Å². The highest BCUT2D eigenvalue weighted by molar-refractivity contribution is 5.96. The molecule has 1 aliphatic heterocycles. The van der Waals surface area contributed by atoms with Gasteiger partial charge in [-0.25, -0.2) is 4.98 Å². The van der Waals surface area contributed by atoms with E-state index in [1.165, 1.54) is 0 Å². The molecule has 1 saturated heterocycles. The number of aromatic nitrogens is 2. The molecule has 0 aliphatic carbocycles. The molecule has 2 aromatic rings. The summed E-state index contributed by atoms with van der Waals surface area (Å²) in [5.41, 5.74) is 2.64. The minimum atomic E-state index is -0.307. The average molecular weight is 273 g/mol. The molecule has 0 spiro atoms. The van der Waals surface area contributed by atoms with Crippen molar-refractivity contribution in [1.29, 1.82) is 0 Å². The molecule has 2 N–H and O–H groups in total. The summed E-state index contributed by atoms with van der Waals surface area (Å²) in [6, 6.07) is 5.71. The molecule has 5 nitrogen and oxygen atoms in total. The highest BCUT2D eigenvalue weighted by Crippen LogP contribution is 2.21. The van der Waals surface area contributed by atoms with Gasteiger partial charge in [0.05, 0.1) is 11.0 Å². The van der Waals surface area contributed by atoms with Crippen molar-refractivity contribution in [2.45, 2.75) is 38.7 Å². The molecule has 0 radical (unpaired) electrons. The quantitative estimate of drug-likeness (QED) is 0.903. The topological polar surface area (TPSA) is 67.0 Å². The smallest absolute Gasteiger partial charge is 0.253 e. The van der Waals surface area contributed by atoms with Gasteiger partial charge in [0.2, 0.25) is 0 Å². The lowest BCUT2D eigenvalue weighted by Gasteiger charge is -2.10. The van der Waals surface area contributed by atoms with Gasteiger partial charge in [0.15, 0.2) is 0 Å². The molecule has 1 fully saturated rings. The number of anilines is 1. The van der Waals surface area contributed by atoms with Gasteiger partial charge in [-0.15, -0.1) is 0 Å². The second-order valence-corrected chi connectivity index (χ2v) is 5.50. The van der Waals surface area contributed by atoms with Crippen molar-refractivity contribution in [3.05, 3.63) is 24.0 Å². The summed E-state index contributed by atoms with van der Waals surface area (Å²) in [7, 11) is 0. The van der Waals surface area contributed by atoms with Gasteiger partial charge in [0.1, 0.15) is 11.9 Å². The Bertz CT molecular complexity index is 627. The van der Waals surface area contributed by atoms with Gasteiger partial charge in [0.25, 0.3) is 5.91 Å². The number of rotatable bonds is 3. The van der Waals surface area contributed by atoms with E-state index in [9.17, 15) is 4.79 Å². The van der Waals surface area contributed by atoms with Crippen LogP contribution in [0.25, 0.3) is 11.0 Å². The van der Waals surface area contributed by atoms with Gasteiger partial charge in [0, 0.05) is 18.2 Å². The number of carbonyl (C=O) groups excluding carboxylic acids is 1. The van der Waals surface area contributed by atoms with Crippen LogP contribution in [0.2, 0.25) is 0 Å². The number of aromatic amines is 1. The van der Waals surface area contributed by atoms with Crippen molar-refractivity contribution in [2.24, 2.45) is 0 Å². The molecule has 5 heteroatoms. The summed E-state index contributed by atoms with van der Waals surface area (Å²) in [6.45, 7) is 4.87. The number of H-pyrrole nitrogens is 1. The predicted molar refractivity (Wildman–Crippen MR) is 77.8 cm³/mol. The lowest BCUT2D eigenvalue weighted by atomic mass is 10.2. The van der Waals surface area contributed by atoms with Crippen LogP contribution in [0.15, 0.2) is 18.2 Å². The first-order valence-electron chi connectivity index (χ1n) is 7.05. The highest BCUT2D eigenvalue weighted by atomic mass is 16.5. The Morgan fingerprint density at radius 2 is 2.35 bits per heavy atom. The summed E-state index contributed by atoms with van der Waals surface area (Å²) in [5, 5.41) is 2.90. The predicted octanol–water partition coefficient (Wildman–Crippen LogP) is 2.80. The number of fused-ring (bicyclic) bond motifs is 1. The molecular weight excluding hydrogens is 254 g/mol. The van der Waals surface area contributed by atoms with Gasteiger partial charge in [-0.3, -0.25) is 4.79 Å². The summed E-state index contributed by atoms with van der Waals surface area (Å²) in [4.78, 5) is 19.8. The minimum Gasteiger partial charge on any atom is -0.368 e. The van der Waals surface area contributed by atoms with Crippen LogP contribution in [-0.2, 0) is 9.53 Å². The van der Waals surface area contributed by atoms with E-state index in [1.54, 1.807) is 0 Å². The molecule has 0 bridgehead atoms. The van der Waals surface area contributed by atoms with Crippen LogP contribution in [0.5, 0.6) is 0 Å². The standard InChI is InChI=1S/C15H19N3O2/c1-9(2)14-17-11-6-5-10(8-12(11)18-14)16-15(19)13-4-3-7-20-13/h5-6,8-9,13H,3-4,7H2,1-2H3,(H,16,19)(H,17,18)/t13-/m1/s1. The molecule has 20 heavy (non-hydrogen) atoms. The third-order valence-electron chi connectivity index (χ3n) is 3.54. The Balaban J connectivity index is 1.79. The molecule has 1 atom stereocenters. The zero-order valence-corrected chi connectivity index (χ0v) is 11.8. The normalized spacial score (nSPS) is 18.9. The van der Waals surface area contributed by atoms with Crippen LogP contribution in [-0.4, -0.2) is 28.6 Å². The van der Waals surface area contributed by atoms with E-state index in [0.717, 1.165) is 35.4 Å². The zero-order chi connectivity index (χ0) is 14.1. The fourth-order valence-electron chi connectivity index (χ4n) is 2.39. The van der Waals surface area contributed by atoms with Crippen LogP contribution in [0.4, 0.5) is 5.69 Å². The van der Waals surface area contributed by atoms with E-state index in [1.807, 2.05) is 18.2 Å². The summed E-state index contributed by atoms with van der Waals surface area (Å²) < 4.78 is 5.38. The Kier molecular flexibility index (Phi) is 3.44. The van der Waals surface area contributed by atoms with Crippen LogP contribution in [0.1, 0.15) is 38.4 Å². The summed E-state index contributed by atoms with van der Waals surface area (Å²) in [6.07, 6.45) is 1.45. The number of hydrogen-bond acceptors (Lipinski definition) is 3. The van der Waals surface area contributed by atoms with Crippen molar-refractivity contribution in [2.75, 3.05) is 11.9 Å². The zero-order valence-electron chi connectivity index (χ0n) is 11.8. The first-order valence-corrected chi connectivity index (χ1v) is 7.05. The minimum absolute atomic E-state index is 0.0644. The maximum atomic E-state index is 12.0. The van der Waals surface area contributed by atoms with Crippen molar-refractivity contribution in [3.63, 3.8) is 0 Å². The maximum absolute atomic E-state index is 12.0. The maximum Gasteiger partial charge on any atom is 0.253 e. The molecule has 1 aromatic heterocycles. The molecule has 1 amide bonds. The molecular formula is C15H19N3O2.